The van der Waals surface area contributed by atoms with Gasteiger partial charge in [0.1, 0.15) is 5.75 Å². The fourth-order valence-corrected chi connectivity index (χ4v) is 1.95. The quantitative estimate of drug-likeness (QED) is 0.806. The van der Waals surface area contributed by atoms with Crippen LogP contribution in [0, 0.1) is 0 Å². The van der Waals surface area contributed by atoms with E-state index in [1.165, 1.54) is 18.4 Å². The Morgan fingerprint density at radius 2 is 1.70 bits per heavy atom. The molecule has 0 unspecified atom stereocenters. The van der Waals surface area contributed by atoms with Crippen molar-refractivity contribution >= 4 is 11.6 Å². The van der Waals surface area contributed by atoms with E-state index in [0.717, 1.165) is 6.42 Å². The number of benzene rings is 2. The molecule has 0 heterocycles. The number of phenolic OH excluding ortho intramolecular Hbond substituents is 1. The Morgan fingerprint density at radius 3 is 2.30 bits per heavy atom. The van der Waals surface area contributed by atoms with E-state index in [1.807, 2.05) is 24.3 Å². The first-order valence-corrected chi connectivity index (χ1v) is 6.88. The fraction of sp³-hybridized carbons (Fsp3) is 0.235. The van der Waals surface area contributed by atoms with E-state index in [-0.39, 0.29) is 11.7 Å². The number of carbonyl (C=O) groups is 1. The van der Waals surface area contributed by atoms with Gasteiger partial charge >= 0.3 is 0 Å². The van der Waals surface area contributed by atoms with Gasteiger partial charge in [-0.1, -0.05) is 25.5 Å². The van der Waals surface area contributed by atoms with Crippen molar-refractivity contribution in [3.8, 4) is 5.75 Å². The highest BCUT2D eigenvalue weighted by molar-refractivity contribution is 6.04. The Bertz CT molecular complexity index is 559. The van der Waals surface area contributed by atoms with E-state index in [0.29, 0.717) is 11.3 Å². The zero-order chi connectivity index (χ0) is 14.4. The van der Waals surface area contributed by atoms with Crippen LogP contribution in [0.5, 0.6) is 5.75 Å². The summed E-state index contributed by atoms with van der Waals surface area (Å²) in [7, 11) is 0. The van der Waals surface area contributed by atoms with E-state index >= 15 is 0 Å². The minimum atomic E-state index is -0.141. The summed E-state index contributed by atoms with van der Waals surface area (Å²) in [5, 5.41) is 12.0. The second-order valence-electron chi connectivity index (χ2n) is 4.80. The third kappa shape index (κ3) is 3.85. The summed E-state index contributed by atoms with van der Waals surface area (Å²) in [6.45, 7) is 2.17. The highest BCUT2D eigenvalue weighted by Crippen LogP contribution is 2.15. The highest BCUT2D eigenvalue weighted by Gasteiger charge is 2.05. The summed E-state index contributed by atoms with van der Waals surface area (Å²) in [4.78, 5) is 12.1. The van der Waals surface area contributed by atoms with Gasteiger partial charge in [-0.2, -0.15) is 0 Å². The lowest BCUT2D eigenvalue weighted by atomic mass is 10.1. The van der Waals surface area contributed by atoms with Crippen molar-refractivity contribution in [2.75, 3.05) is 5.32 Å². The summed E-state index contributed by atoms with van der Waals surface area (Å²) < 4.78 is 0. The van der Waals surface area contributed by atoms with Crippen LogP contribution in [0.1, 0.15) is 35.7 Å². The van der Waals surface area contributed by atoms with Gasteiger partial charge < -0.3 is 10.4 Å². The number of rotatable bonds is 5. The number of anilines is 1. The Hall–Kier alpha value is -2.29. The van der Waals surface area contributed by atoms with E-state index in [9.17, 15) is 9.90 Å². The fourth-order valence-electron chi connectivity index (χ4n) is 1.95. The first kappa shape index (κ1) is 14.1. The number of hydrogen-bond acceptors (Lipinski definition) is 2. The molecule has 0 fully saturated rings. The molecule has 0 aliphatic heterocycles. The van der Waals surface area contributed by atoms with Crippen LogP contribution in [0.15, 0.2) is 48.5 Å². The zero-order valence-corrected chi connectivity index (χ0v) is 11.6. The molecule has 0 aromatic heterocycles. The average molecular weight is 269 g/mol. The third-order valence-electron chi connectivity index (χ3n) is 3.16. The van der Waals surface area contributed by atoms with Crippen LogP contribution >= 0.6 is 0 Å². The zero-order valence-electron chi connectivity index (χ0n) is 11.6. The van der Waals surface area contributed by atoms with Crippen molar-refractivity contribution < 1.29 is 9.90 Å². The minimum Gasteiger partial charge on any atom is -0.508 e. The Morgan fingerprint density at radius 1 is 1.05 bits per heavy atom. The molecule has 0 saturated heterocycles. The number of carbonyl (C=O) groups excluding carboxylic acids is 1. The molecule has 2 aromatic carbocycles. The monoisotopic (exact) mass is 269 g/mol. The predicted octanol–water partition coefficient (Wildman–Crippen LogP) is 3.99. The van der Waals surface area contributed by atoms with Gasteiger partial charge in [0.15, 0.2) is 0 Å². The smallest absolute Gasteiger partial charge is 0.255 e. The van der Waals surface area contributed by atoms with E-state index < -0.39 is 0 Å². The Labute approximate surface area is 119 Å². The maximum atomic E-state index is 12.1. The maximum absolute atomic E-state index is 12.1. The van der Waals surface area contributed by atoms with Crippen LogP contribution in [-0.4, -0.2) is 11.0 Å². The molecule has 104 valence electrons. The van der Waals surface area contributed by atoms with Crippen LogP contribution in [-0.2, 0) is 6.42 Å². The molecule has 0 spiro atoms. The van der Waals surface area contributed by atoms with Crippen molar-refractivity contribution in [1.29, 1.82) is 0 Å². The van der Waals surface area contributed by atoms with Crippen LogP contribution in [0.25, 0.3) is 0 Å². The molecule has 2 aromatic rings. The molecule has 20 heavy (non-hydrogen) atoms. The van der Waals surface area contributed by atoms with Crippen LogP contribution < -0.4 is 5.32 Å². The number of hydrogen-bond donors (Lipinski definition) is 2. The average Bonchev–Trinajstić information content (AvgIpc) is 2.48. The SMILES string of the molecule is CCCCc1ccc(C(=O)Nc2ccc(O)cc2)cc1. The van der Waals surface area contributed by atoms with Crippen molar-refractivity contribution in [3.63, 3.8) is 0 Å². The maximum Gasteiger partial charge on any atom is 0.255 e. The molecule has 0 saturated carbocycles. The summed E-state index contributed by atoms with van der Waals surface area (Å²) in [6, 6.07) is 14.1. The first-order valence-electron chi connectivity index (χ1n) is 6.88. The molecule has 1 amide bonds. The van der Waals surface area contributed by atoms with Crippen molar-refractivity contribution in [1.82, 2.24) is 0 Å². The van der Waals surface area contributed by atoms with Crippen molar-refractivity contribution in [2.45, 2.75) is 26.2 Å². The van der Waals surface area contributed by atoms with Crippen molar-refractivity contribution in [2.24, 2.45) is 0 Å². The van der Waals surface area contributed by atoms with Gasteiger partial charge in [-0.15, -0.1) is 0 Å². The molecule has 0 atom stereocenters. The number of aryl methyl sites for hydroxylation is 1. The standard InChI is InChI=1S/C17H19NO2/c1-2-3-4-13-5-7-14(8-6-13)17(20)18-15-9-11-16(19)12-10-15/h5-12,19H,2-4H2,1H3,(H,18,20). The number of nitrogens with one attached hydrogen (secondary N) is 1. The number of phenols is 1. The Kier molecular flexibility index (Phi) is 4.77. The summed E-state index contributed by atoms with van der Waals surface area (Å²) in [5.74, 6) is 0.0426. The first-order chi connectivity index (χ1) is 9.69. The van der Waals surface area contributed by atoms with E-state index in [2.05, 4.69) is 12.2 Å². The van der Waals surface area contributed by atoms with Crippen LogP contribution in [0.3, 0.4) is 0 Å². The lowest BCUT2D eigenvalue weighted by Crippen LogP contribution is -2.11. The number of unbranched alkanes of at least 4 members (excludes halogenated alkanes) is 1. The molecule has 0 radical (unpaired) electrons. The van der Waals surface area contributed by atoms with Crippen LogP contribution in [0.4, 0.5) is 5.69 Å². The largest absolute Gasteiger partial charge is 0.508 e. The minimum absolute atomic E-state index is 0.141. The molecular weight excluding hydrogens is 250 g/mol. The molecule has 2 rings (SSSR count). The summed E-state index contributed by atoms with van der Waals surface area (Å²) in [5.41, 5.74) is 2.56. The van der Waals surface area contributed by atoms with Crippen LogP contribution in [0.2, 0.25) is 0 Å². The van der Waals surface area contributed by atoms with E-state index in [1.54, 1.807) is 24.3 Å². The summed E-state index contributed by atoms with van der Waals surface area (Å²) in [6.07, 6.45) is 3.39. The van der Waals surface area contributed by atoms with E-state index in [4.69, 9.17) is 0 Å². The predicted molar refractivity (Wildman–Crippen MR) is 81.1 cm³/mol. The highest BCUT2D eigenvalue weighted by atomic mass is 16.3. The number of aromatic hydroxyl groups is 1. The molecule has 3 heteroatoms. The number of amides is 1. The molecule has 0 aliphatic carbocycles. The van der Waals surface area contributed by atoms with Crippen molar-refractivity contribution in [3.05, 3.63) is 59.7 Å². The molecular formula is C17H19NO2. The van der Waals surface area contributed by atoms with Gasteiger partial charge in [0.25, 0.3) is 5.91 Å². The molecule has 0 aliphatic rings. The lowest BCUT2D eigenvalue weighted by molar-refractivity contribution is 0.102. The normalized spacial score (nSPS) is 10.2. The van der Waals surface area contributed by atoms with Gasteiger partial charge in [-0.25, -0.2) is 0 Å². The van der Waals surface area contributed by atoms with Gasteiger partial charge in [0.05, 0.1) is 0 Å². The van der Waals surface area contributed by atoms with Gasteiger partial charge in [-0.05, 0) is 54.8 Å². The molecule has 2 N–H and O–H groups in total. The van der Waals surface area contributed by atoms with Gasteiger partial charge in [0, 0.05) is 11.3 Å². The lowest BCUT2D eigenvalue weighted by Gasteiger charge is -2.06. The Balaban J connectivity index is 2.00. The molecule has 0 bridgehead atoms. The van der Waals surface area contributed by atoms with Gasteiger partial charge in [-0.3, -0.25) is 4.79 Å². The second-order valence-corrected chi connectivity index (χ2v) is 4.80. The topological polar surface area (TPSA) is 49.3 Å². The second kappa shape index (κ2) is 6.75. The third-order valence-corrected chi connectivity index (χ3v) is 3.16. The van der Waals surface area contributed by atoms with Gasteiger partial charge in [0.2, 0.25) is 0 Å². The summed E-state index contributed by atoms with van der Waals surface area (Å²) >= 11 is 0. The molecule has 3 nitrogen and oxygen atoms in total.